The summed E-state index contributed by atoms with van der Waals surface area (Å²) in [4.78, 5) is 17.2. The van der Waals surface area contributed by atoms with Gasteiger partial charge in [-0.15, -0.1) is 0 Å². The first-order valence-corrected chi connectivity index (χ1v) is 7.81. The summed E-state index contributed by atoms with van der Waals surface area (Å²) in [7, 11) is 0. The SMILES string of the molecule is O=C1CC(c2ccco2)CC2=C1C(c1ccco1)n1ncnc1N2. The van der Waals surface area contributed by atoms with Crippen LogP contribution in [0.2, 0.25) is 0 Å². The molecule has 0 saturated heterocycles. The van der Waals surface area contributed by atoms with Crippen LogP contribution in [0.3, 0.4) is 0 Å². The van der Waals surface area contributed by atoms with Gasteiger partial charge in [0.2, 0.25) is 5.95 Å². The van der Waals surface area contributed by atoms with Crippen LogP contribution in [0.1, 0.15) is 36.3 Å². The standard InChI is InChI=1S/C17H14N4O3/c22-12-8-10(13-3-1-5-23-13)7-11-15(12)16(14-4-2-6-24-14)21-17(20-11)18-9-19-21/h1-6,9-10,16H,7-8H2,(H,18,19,20). The van der Waals surface area contributed by atoms with Gasteiger partial charge in [-0.1, -0.05) is 0 Å². The number of hydrogen-bond donors (Lipinski definition) is 1. The number of carbonyl (C=O) groups is 1. The van der Waals surface area contributed by atoms with Gasteiger partial charge in [0.25, 0.3) is 0 Å². The van der Waals surface area contributed by atoms with Gasteiger partial charge in [0.1, 0.15) is 23.9 Å². The Kier molecular flexibility index (Phi) is 2.76. The molecule has 2 unspecified atom stereocenters. The predicted octanol–water partition coefficient (Wildman–Crippen LogP) is 2.88. The average molecular weight is 322 g/mol. The van der Waals surface area contributed by atoms with Crippen LogP contribution in [0.4, 0.5) is 5.95 Å². The van der Waals surface area contributed by atoms with Crippen LogP contribution in [0, 0.1) is 0 Å². The Balaban J connectivity index is 1.62. The molecule has 7 nitrogen and oxygen atoms in total. The quantitative estimate of drug-likeness (QED) is 0.781. The third-order valence-corrected chi connectivity index (χ3v) is 4.62. The Bertz CT molecular complexity index is 921. The van der Waals surface area contributed by atoms with E-state index in [1.165, 1.54) is 6.33 Å². The van der Waals surface area contributed by atoms with E-state index in [4.69, 9.17) is 8.83 Å². The molecule has 120 valence electrons. The van der Waals surface area contributed by atoms with Crippen molar-refractivity contribution in [3.05, 3.63) is 65.9 Å². The monoisotopic (exact) mass is 322 g/mol. The Morgan fingerprint density at radius 1 is 1.12 bits per heavy atom. The molecule has 3 aromatic heterocycles. The number of furan rings is 2. The largest absolute Gasteiger partial charge is 0.469 e. The van der Waals surface area contributed by atoms with Crippen LogP contribution in [-0.4, -0.2) is 20.5 Å². The minimum absolute atomic E-state index is 0.0328. The van der Waals surface area contributed by atoms with Crippen molar-refractivity contribution in [1.29, 1.82) is 0 Å². The summed E-state index contributed by atoms with van der Waals surface area (Å²) in [5, 5.41) is 7.52. The maximum atomic E-state index is 12.9. The van der Waals surface area contributed by atoms with Crippen LogP contribution < -0.4 is 5.32 Å². The normalized spacial score (nSPS) is 22.9. The fraction of sp³-hybridized carbons (Fsp3) is 0.235. The van der Waals surface area contributed by atoms with Crippen molar-refractivity contribution in [3.63, 3.8) is 0 Å². The van der Waals surface area contributed by atoms with Gasteiger partial charge < -0.3 is 14.2 Å². The van der Waals surface area contributed by atoms with E-state index in [1.807, 2.05) is 24.3 Å². The summed E-state index contributed by atoms with van der Waals surface area (Å²) in [5.74, 6) is 2.24. The number of fused-ring (bicyclic) bond motifs is 1. The third kappa shape index (κ3) is 1.87. The number of nitrogens with zero attached hydrogens (tertiary/aromatic N) is 3. The molecule has 0 fully saturated rings. The Morgan fingerprint density at radius 3 is 2.67 bits per heavy atom. The van der Waals surface area contributed by atoms with Gasteiger partial charge in [0.15, 0.2) is 5.78 Å². The molecule has 2 aliphatic rings. The molecule has 5 rings (SSSR count). The summed E-state index contributed by atoms with van der Waals surface area (Å²) in [6, 6.07) is 7.06. The van der Waals surface area contributed by atoms with E-state index in [2.05, 4.69) is 15.4 Å². The molecular weight excluding hydrogens is 308 g/mol. The molecule has 3 aromatic rings. The Morgan fingerprint density at radius 2 is 1.92 bits per heavy atom. The first-order valence-electron chi connectivity index (χ1n) is 7.81. The van der Waals surface area contributed by atoms with Crippen molar-refractivity contribution in [2.75, 3.05) is 5.32 Å². The highest BCUT2D eigenvalue weighted by Crippen LogP contribution is 2.43. The lowest BCUT2D eigenvalue weighted by molar-refractivity contribution is -0.117. The zero-order chi connectivity index (χ0) is 16.1. The van der Waals surface area contributed by atoms with E-state index in [1.54, 1.807) is 17.2 Å². The topological polar surface area (TPSA) is 86.1 Å². The number of ketones is 1. The highest BCUT2D eigenvalue weighted by atomic mass is 16.3. The minimum atomic E-state index is -0.376. The zero-order valence-corrected chi connectivity index (χ0v) is 12.7. The lowest BCUT2D eigenvalue weighted by Gasteiger charge is -2.33. The summed E-state index contributed by atoms with van der Waals surface area (Å²) in [5.41, 5.74) is 1.57. The van der Waals surface area contributed by atoms with Crippen molar-refractivity contribution < 1.29 is 13.6 Å². The summed E-state index contributed by atoms with van der Waals surface area (Å²) in [6.07, 6.45) is 5.83. The number of nitrogens with one attached hydrogen (secondary N) is 1. The third-order valence-electron chi connectivity index (χ3n) is 4.62. The second-order valence-corrected chi connectivity index (χ2v) is 6.01. The second-order valence-electron chi connectivity index (χ2n) is 6.01. The molecule has 0 radical (unpaired) electrons. The maximum absolute atomic E-state index is 12.9. The molecule has 24 heavy (non-hydrogen) atoms. The molecule has 0 spiro atoms. The molecule has 2 atom stereocenters. The van der Waals surface area contributed by atoms with Gasteiger partial charge in [-0.05, 0) is 30.7 Å². The average Bonchev–Trinajstić information content (AvgIpc) is 3.33. The van der Waals surface area contributed by atoms with E-state index < -0.39 is 0 Å². The highest BCUT2D eigenvalue weighted by Gasteiger charge is 2.40. The van der Waals surface area contributed by atoms with Crippen LogP contribution >= 0.6 is 0 Å². The van der Waals surface area contributed by atoms with E-state index in [0.717, 1.165) is 11.5 Å². The van der Waals surface area contributed by atoms with E-state index in [9.17, 15) is 4.79 Å². The fourth-order valence-electron chi connectivity index (χ4n) is 3.59. The summed E-state index contributed by atoms with van der Waals surface area (Å²) < 4.78 is 12.8. The summed E-state index contributed by atoms with van der Waals surface area (Å²) >= 11 is 0. The van der Waals surface area contributed by atoms with Crippen molar-refractivity contribution in [2.45, 2.75) is 24.8 Å². The lowest BCUT2D eigenvalue weighted by Crippen LogP contribution is -2.33. The number of aromatic nitrogens is 3. The predicted molar refractivity (Wildman–Crippen MR) is 83.2 cm³/mol. The first-order chi connectivity index (χ1) is 11.8. The molecule has 1 aliphatic carbocycles. The lowest BCUT2D eigenvalue weighted by atomic mass is 9.80. The van der Waals surface area contributed by atoms with Gasteiger partial charge in [-0.25, -0.2) is 4.68 Å². The number of allylic oxidation sites excluding steroid dienone is 2. The number of carbonyl (C=O) groups excluding carboxylic acids is 1. The number of rotatable bonds is 2. The molecule has 0 amide bonds. The molecule has 1 aliphatic heterocycles. The number of Topliss-reactive ketones (excluding diaryl/α,β-unsaturated/α-hetero) is 1. The second kappa shape index (κ2) is 4.95. The van der Waals surface area contributed by atoms with Crippen molar-refractivity contribution in [1.82, 2.24) is 14.8 Å². The minimum Gasteiger partial charge on any atom is -0.469 e. The number of hydrogen-bond acceptors (Lipinski definition) is 6. The molecule has 0 aromatic carbocycles. The Hall–Kier alpha value is -3.09. The molecule has 7 heteroatoms. The van der Waals surface area contributed by atoms with Crippen molar-refractivity contribution >= 4 is 11.7 Å². The van der Waals surface area contributed by atoms with E-state index in [0.29, 0.717) is 30.1 Å². The highest BCUT2D eigenvalue weighted by molar-refractivity contribution is 6.00. The van der Waals surface area contributed by atoms with Crippen molar-refractivity contribution in [2.24, 2.45) is 0 Å². The van der Waals surface area contributed by atoms with Crippen LogP contribution in [0.15, 0.2) is 63.2 Å². The fourth-order valence-corrected chi connectivity index (χ4v) is 3.59. The van der Waals surface area contributed by atoms with Gasteiger partial charge in [-0.2, -0.15) is 10.1 Å². The van der Waals surface area contributed by atoms with E-state index >= 15 is 0 Å². The van der Waals surface area contributed by atoms with Crippen molar-refractivity contribution in [3.8, 4) is 0 Å². The van der Waals surface area contributed by atoms with Crippen LogP contribution in [0.25, 0.3) is 0 Å². The van der Waals surface area contributed by atoms with E-state index in [-0.39, 0.29) is 17.7 Å². The Labute approximate surface area is 137 Å². The molecule has 1 N–H and O–H groups in total. The van der Waals surface area contributed by atoms with Gasteiger partial charge in [0, 0.05) is 23.6 Å². The first kappa shape index (κ1) is 13.4. The molecule has 0 saturated carbocycles. The van der Waals surface area contributed by atoms with Gasteiger partial charge >= 0.3 is 0 Å². The molecule has 4 heterocycles. The van der Waals surface area contributed by atoms with Crippen LogP contribution in [0.5, 0.6) is 0 Å². The van der Waals surface area contributed by atoms with Gasteiger partial charge in [0.05, 0.1) is 12.5 Å². The molecular formula is C17H14N4O3. The molecule has 0 bridgehead atoms. The maximum Gasteiger partial charge on any atom is 0.226 e. The smallest absolute Gasteiger partial charge is 0.226 e. The number of anilines is 1. The van der Waals surface area contributed by atoms with Gasteiger partial charge in [-0.3, -0.25) is 4.79 Å². The zero-order valence-electron chi connectivity index (χ0n) is 12.7. The van der Waals surface area contributed by atoms with Crippen LogP contribution in [-0.2, 0) is 4.79 Å². The summed E-state index contributed by atoms with van der Waals surface area (Å²) in [6.45, 7) is 0.